The number of aromatic nitrogens is 2. The number of carbonyl (C=O) groups excluding carboxylic acids is 2. The van der Waals surface area contributed by atoms with E-state index in [4.69, 9.17) is 0 Å². The number of benzene rings is 2. The van der Waals surface area contributed by atoms with Crippen molar-refractivity contribution < 1.29 is 9.59 Å². The zero-order chi connectivity index (χ0) is 27.5. The molecule has 2 amide bonds. The van der Waals surface area contributed by atoms with E-state index in [1.165, 1.54) is 34.2 Å². The Hall–Kier alpha value is -3.43. The van der Waals surface area contributed by atoms with Gasteiger partial charge in [-0.1, -0.05) is 78.3 Å². The molecule has 0 unspecified atom stereocenters. The Bertz CT molecular complexity index is 1430. The van der Waals surface area contributed by atoms with Crippen LogP contribution in [0.5, 0.6) is 0 Å². The maximum atomic E-state index is 13.2. The van der Waals surface area contributed by atoms with E-state index in [0.29, 0.717) is 41.4 Å². The number of thioether (sulfide) groups is 1. The zero-order valence-corrected chi connectivity index (χ0v) is 23.8. The Kier molecular flexibility index (Phi) is 10.7. The predicted octanol–water partition coefficient (Wildman–Crippen LogP) is 5.09. The van der Waals surface area contributed by atoms with Gasteiger partial charge in [-0.2, -0.15) is 0 Å². The molecule has 0 bridgehead atoms. The topological polar surface area (TPSA) is 93.1 Å². The van der Waals surface area contributed by atoms with Gasteiger partial charge in [-0.3, -0.25) is 19.0 Å². The third-order valence-corrected chi connectivity index (χ3v) is 8.21. The molecule has 0 saturated carbocycles. The molecular formula is C30H34N4O3S2. The number of amides is 2. The fourth-order valence-electron chi connectivity index (χ4n) is 4.13. The lowest BCUT2D eigenvalue weighted by Crippen LogP contribution is -2.26. The number of nitrogens with one attached hydrogen (secondary N) is 2. The first-order valence-corrected chi connectivity index (χ1v) is 15.1. The number of hydrogen-bond acceptors (Lipinski definition) is 6. The average Bonchev–Trinajstić information content (AvgIpc) is 3.42. The van der Waals surface area contributed by atoms with Crippen LogP contribution in [0.2, 0.25) is 0 Å². The van der Waals surface area contributed by atoms with Crippen LogP contribution in [0.15, 0.2) is 76.0 Å². The molecule has 4 rings (SSSR count). The molecule has 7 nitrogen and oxygen atoms in total. The highest BCUT2D eigenvalue weighted by Gasteiger charge is 2.14. The van der Waals surface area contributed by atoms with Crippen molar-refractivity contribution in [1.82, 2.24) is 20.2 Å². The lowest BCUT2D eigenvalue weighted by Gasteiger charge is -2.12. The van der Waals surface area contributed by atoms with Crippen LogP contribution in [0.25, 0.3) is 10.2 Å². The first kappa shape index (κ1) is 28.6. The second kappa shape index (κ2) is 14.6. The van der Waals surface area contributed by atoms with Crippen LogP contribution in [0, 0.1) is 6.92 Å². The smallest absolute Gasteiger partial charge is 0.272 e. The summed E-state index contributed by atoms with van der Waals surface area (Å²) in [5.41, 5.74) is 4.01. The molecule has 2 aromatic carbocycles. The molecule has 0 aliphatic rings. The second-order valence-electron chi connectivity index (χ2n) is 9.43. The number of thiophene rings is 1. The van der Waals surface area contributed by atoms with Gasteiger partial charge in [-0.05, 0) is 48.8 Å². The highest BCUT2D eigenvalue weighted by atomic mass is 32.2. The molecule has 39 heavy (non-hydrogen) atoms. The second-order valence-corrected chi connectivity index (χ2v) is 11.3. The van der Waals surface area contributed by atoms with Gasteiger partial charge in [0.2, 0.25) is 11.8 Å². The highest BCUT2D eigenvalue weighted by Crippen LogP contribution is 2.21. The summed E-state index contributed by atoms with van der Waals surface area (Å²) in [5, 5.41) is 8.33. The van der Waals surface area contributed by atoms with Crippen LogP contribution >= 0.6 is 23.1 Å². The van der Waals surface area contributed by atoms with E-state index in [2.05, 4.69) is 27.8 Å². The summed E-state index contributed by atoms with van der Waals surface area (Å²) in [7, 11) is 0. The Labute approximate surface area is 237 Å². The van der Waals surface area contributed by atoms with E-state index in [-0.39, 0.29) is 23.1 Å². The molecule has 0 aliphatic carbocycles. The minimum absolute atomic E-state index is 0.0534. The van der Waals surface area contributed by atoms with Crippen LogP contribution < -0.4 is 16.2 Å². The Morgan fingerprint density at radius 3 is 2.51 bits per heavy atom. The third kappa shape index (κ3) is 8.80. The molecule has 204 valence electrons. The van der Waals surface area contributed by atoms with Crippen LogP contribution in [0.3, 0.4) is 0 Å². The first-order chi connectivity index (χ1) is 19.0. The van der Waals surface area contributed by atoms with Crippen molar-refractivity contribution >= 4 is 45.1 Å². The molecule has 9 heteroatoms. The van der Waals surface area contributed by atoms with E-state index in [9.17, 15) is 14.4 Å². The molecular weight excluding hydrogens is 528 g/mol. The lowest BCUT2D eigenvalue weighted by molar-refractivity contribution is -0.121. The summed E-state index contributed by atoms with van der Waals surface area (Å²) in [6.07, 6.45) is 3.61. The molecule has 0 fully saturated rings. The first-order valence-electron chi connectivity index (χ1n) is 13.2. The summed E-state index contributed by atoms with van der Waals surface area (Å²) in [6.45, 7) is 3.62. The van der Waals surface area contributed by atoms with E-state index in [1.54, 1.807) is 4.57 Å². The molecule has 0 aliphatic heterocycles. The molecule has 2 aromatic heterocycles. The highest BCUT2D eigenvalue weighted by molar-refractivity contribution is 7.99. The van der Waals surface area contributed by atoms with Crippen LogP contribution in [0.1, 0.15) is 42.4 Å². The molecule has 0 spiro atoms. The fraction of sp³-hybridized carbons (Fsp3) is 0.333. The summed E-state index contributed by atoms with van der Waals surface area (Å²) >= 11 is 2.67. The van der Waals surface area contributed by atoms with Crippen molar-refractivity contribution in [3.05, 3.63) is 93.1 Å². The van der Waals surface area contributed by atoms with Crippen molar-refractivity contribution in [2.24, 2.45) is 0 Å². The van der Waals surface area contributed by atoms with Gasteiger partial charge in [-0.15, -0.1) is 11.3 Å². The maximum absolute atomic E-state index is 13.2. The zero-order valence-electron chi connectivity index (χ0n) is 22.2. The fourth-order valence-corrected chi connectivity index (χ4v) is 5.76. The molecule has 2 N–H and O–H groups in total. The predicted molar refractivity (Wildman–Crippen MR) is 159 cm³/mol. The number of fused-ring (bicyclic) bond motifs is 1. The van der Waals surface area contributed by atoms with Gasteiger partial charge in [0.1, 0.15) is 4.70 Å². The van der Waals surface area contributed by atoms with E-state index < -0.39 is 0 Å². The van der Waals surface area contributed by atoms with Gasteiger partial charge in [0.25, 0.3) is 5.56 Å². The lowest BCUT2D eigenvalue weighted by atomic mass is 10.1. The van der Waals surface area contributed by atoms with Crippen molar-refractivity contribution in [1.29, 1.82) is 0 Å². The summed E-state index contributed by atoms with van der Waals surface area (Å²) < 4.78 is 2.30. The van der Waals surface area contributed by atoms with Crippen LogP contribution in [-0.4, -0.2) is 33.7 Å². The number of rotatable bonds is 14. The standard InChI is InChI=1S/C30H34N4O3S2/c1-22-11-13-24(14-12-22)20-32-27(36)21-39-30-33-25-16-19-38-28(25)29(37)34(30)18-7-3-6-10-26(35)31-17-15-23-8-4-2-5-9-23/h2,4-5,8-9,11-14,16,19H,3,6-7,10,15,17-18,20-21H2,1H3,(H,31,35)(H,32,36). The summed E-state index contributed by atoms with van der Waals surface area (Å²) in [6, 6.07) is 20.0. The minimum atomic E-state index is -0.106. The SMILES string of the molecule is Cc1ccc(CNC(=O)CSc2nc3ccsc3c(=O)n2CCCCCC(=O)NCCc2ccccc2)cc1. The van der Waals surface area contributed by atoms with Crippen molar-refractivity contribution in [2.45, 2.75) is 57.3 Å². The number of carbonyl (C=O) groups is 2. The van der Waals surface area contributed by atoms with E-state index >= 15 is 0 Å². The van der Waals surface area contributed by atoms with Gasteiger partial charge < -0.3 is 10.6 Å². The number of unbranched alkanes of at least 4 members (excludes halogenated alkanes) is 2. The van der Waals surface area contributed by atoms with Gasteiger partial charge in [0.15, 0.2) is 5.16 Å². The minimum Gasteiger partial charge on any atom is -0.356 e. The van der Waals surface area contributed by atoms with Crippen molar-refractivity contribution in [3.63, 3.8) is 0 Å². The normalized spacial score (nSPS) is 11.0. The Morgan fingerprint density at radius 2 is 1.72 bits per heavy atom. The summed E-state index contributed by atoms with van der Waals surface area (Å²) in [4.78, 5) is 42.5. The monoisotopic (exact) mass is 562 g/mol. The summed E-state index contributed by atoms with van der Waals surface area (Å²) in [5.74, 6) is 0.125. The third-order valence-electron chi connectivity index (χ3n) is 6.34. The number of aryl methyl sites for hydroxylation is 1. The molecule has 0 saturated heterocycles. The Morgan fingerprint density at radius 1 is 0.923 bits per heavy atom. The quantitative estimate of drug-likeness (QED) is 0.127. The molecule has 2 heterocycles. The van der Waals surface area contributed by atoms with Gasteiger partial charge in [0.05, 0.1) is 11.3 Å². The van der Waals surface area contributed by atoms with E-state index in [0.717, 1.165) is 31.2 Å². The van der Waals surface area contributed by atoms with Gasteiger partial charge in [0, 0.05) is 26.1 Å². The van der Waals surface area contributed by atoms with Crippen LogP contribution in [-0.2, 0) is 29.1 Å². The average molecular weight is 563 g/mol. The molecule has 4 aromatic rings. The largest absolute Gasteiger partial charge is 0.356 e. The van der Waals surface area contributed by atoms with E-state index in [1.807, 2.05) is 60.8 Å². The Balaban J connectivity index is 1.24. The number of nitrogens with zero attached hydrogens (tertiary/aromatic N) is 2. The molecule has 0 atom stereocenters. The van der Waals surface area contributed by atoms with Crippen LogP contribution in [0.4, 0.5) is 0 Å². The maximum Gasteiger partial charge on any atom is 0.272 e. The van der Waals surface area contributed by atoms with Crippen molar-refractivity contribution in [3.8, 4) is 0 Å². The number of hydrogen-bond donors (Lipinski definition) is 2. The van der Waals surface area contributed by atoms with Gasteiger partial charge in [-0.25, -0.2) is 4.98 Å². The van der Waals surface area contributed by atoms with Gasteiger partial charge >= 0.3 is 0 Å². The van der Waals surface area contributed by atoms with Crippen molar-refractivity contribution in [2.75, 3.05) is 12.3 Å². The molecule has 0 radical (unpaired) electrons.